The van der Waals surface area contributed by atoms with Gasteiger partial charge in [-0.1, -0.05) is 65.1 Å². The Morgan fingerprint density at radius 1 is 0.701 bits per heavy atom. The highest BCUT2D eigenvalue weighted by Crippen LogP contribution is 2.39. The summed E-state index contributed by atoms with van der Waals surface area (Å²) >= 11 is 2.28. The molecule has 1 fully saturated rings. The second-order valence-corrected chi connectivity index (χ2v) is 17.2. The number of urea groups is 1. The summed E-state index contributed by atoms with van der Waals surface area (Å²) in [7, 11) is 3.01. The highest BCUT2D eigenvalue weighted by molar-refractivity contribution is 14.1. The minimum atomic E-state index is -0.723. The van der Waals surface area contributed by atoms with Gasteiger partial charge in [-0.15, -0.1) is 0 Å². The summed E-state index contributed by atoms with van der Waals surface area (Å²) in [5.74, 6) is -1.03. The highest BCUT2D eigenvalue weighted by atomic mass is 127. The van der Waals surface area contributed by atoms with Crippen molar-refractivity contribution in [3.63, 3.8) is 0 Å². The molecular formula is C47H57IN8O11. The molecule has 2 amide bonds. The van der Waals surface area contributed by atoms with Crippen LogP contribution in [-0.2, 0) is 28.5 Å². The fraction of sp³-hybridized carbons (Fsp3) is 0.426. The van der Waals surface area contributed by atoms with Crippen molar-refractivity contribution in [1.82, 2.24) is 14.7 Å². The number of benzene rings is 3. The number of methoxy groups -OCH3 is 2. The van der Waals surface area contributed by atoms with E-state index in [1.54, 1.807) is 80.5 Å². The molecule has 3 heterocycles. The Bertz CT molecular complexity index is 2420. The molecule has 3 aromatic rings. The van der Waals surface area contributed by atoms with Crippen molar-refractivity contribution in [2.75, 3.05) is 56.3 Å². The minimum Gasteiger partial charge on any atom is -0.468 e. The fourth-order valence-corrected chi connectivity index (χ4v) is 8.26. The molecule has 6 rings (SSSR count). The molecule has 19 nitrogen and oxygen atoms in total. The molecule has 20 heteroatoms. The van der Waals surface area contributed by atoms with E-state index in [1.807, 2.05) is 35.2 Å². The van der Waals surface area contributed by atoms with Crippen LogP contribution in [0.3, 0.4) is 0 Å². The number of halogens is 1. The van der Waals surface area contributed by atoms with Crippen LogP contribution >= 0.6 is 22.6 Å². The summed E-state index contributed by atoms with van der Waals surface area (Å²) in [6.45, 7) is 13.1. The number of nitro benzene ring substituents is 2. The molecule has 0 N–H and O–H groups in total. The summed E-state index contributed by atoms with van der Waals surface area (Å²) in [5, 5.41) is 22.8. The van der Waals surface area contributed by atoms with Gasteiger partial charge in [0, 0.05) is 67.1 Å². The quantitative estimate of drug-likeness (QED) is 0.0433. The second-order valence-electron chi connectivity index (χ2n) is 16.2. The average Bonchev–Trinajstić information content (AvgIpc) is 3.67. The van der Waals surface area contributed by atoms with E-state index in [0.717, 1.165) is 16.5 Å². The van der Waals surface area contributed by atoms with Gasteiger partial charge in [0.15, 0.2) is 0 Å². The number of aliphatic imine (C=N–C) groups is 2. The summed E-state index contributed by atoms with van der Waals surface area (Å²) in [6, 6.07) is 21.3. The summed E-state index contributed by atoms with van der Waals surface area (Å²) in [5.41, 5.74) is 3.42. The maximum Gasteiger partial charge on any atom is 0.338 e. The van der Waals surface area contributed by atoms with Gasteiger partial charge in [0.2, 0.25) is 0 Å². The van der Waals surface area contributed by atoms with E-state index < -0.39 is 33.9 Å². The first kappa shape index (κ1) is 51.4. The number of para-hydroxylation sites is 1. The van der Waals surface area contributed by atoms with Crippen molar-refractivity contribution in [2.24, 2.45) is 9.98 Å². The molecule has 1 saturated heterocycles. The van der Waals surface area contributed by atoms with Crippen LogP contribution in [0.2, 0.25) is 0 Å². The number of rotatable bonds is 16. The van der Waals surface area contributed by atoms with Gasteiger partial charge in [-0.2, -0.15) is 0 Å². The Labute approximate surface area is 403 Å². The zero-order valence-corrected chi connectivity index (χ0v) is 41.1. The monoisotopic (exact) mass is 1040 g/mol. The molecule has 3 aliphatic heterocycles. The van der Waals surface area contributed by atoms with Gasteiger partial charge >= 0.3 is 18.0 Å². The first-order valence-electron chi connectivity index (χ1n) is 21.8. The Morgan fingerprint density at radius 2 is 1.16 bits per heavy atom. The first-order chi connectivity index (χ1) is 32.0. The summed E-state index contributed by atoms with van der Waals surface area (Å²) < 4.78 is 22.9. The number of esters is 2. The van der Waals surface area contributed by atoms with Crippen molar-refractivity contribution in [3.05, 3.63) is 133 Å². The van der Waals surface area contributed by atoms with E-state index in [4.69, 9.17) is 18.9 Å². The van der Waals surface area contributed by atoms with Gasteiger partial charge in [0.05, 0.1) is 70.9 Å². The molecule has 2 unspecified atom stereocenters. The largest absolute Gasteiger partial charge is 0.468 e. The number of allylic oxidation sites excluding steroid dienone is 2. The molecule has 0 saturated carbocycles. The van der Waals surface area contributed by atoms with Crippen LogP contribution in [0.15, 0.2) is 111 Å². The third-order valence-corrected chi connectivity index (χ3v) is 11.5. The van der Waals surface area contributed by atoms with Crippen molar-refractivity contribution in [2.45, 2.75) is 78.7 Å². The van der Waals surface area contributed by atoms with Gasteiger partial charge in [-0.05, 0) is 77.6 Å². The topological polar surface area (TPSA) is 212 Å². The number of ether oxygens (including phenoxy) is 4. The highest BCUT2D eigenvalue weighted by Gasteiger charge is 2.40. The van der Waals surface area contributed by atoms with E-state index >= 15 is 0 Å². The van der Waals surface area contributed by atoms with Gasteiger partial charge in [-0.25, -0.2) is 24.4 Å². The zero-order valence-electron chi connectivity index (χ0n) is 38.9. The number of non-ortho nitro benzene ring substituents is 2. The van der Waals surface area contributed by atoms with Crippen LogP contribution in [0, 0.1) is 20.2 Å². The maximum atomic E-state index is 13.2. The van der Waals surface area contributed by atoms with E-state index in [9.17, 15) is 34.6 Å². The second kappa shape index (κ2) is 23.7. The molecule has 0 bridgehead atoms. The molecule has 2 atom stereocenters. The third kappa shape index (κ3) is 12.7. The lowest BCUT2D eigenvalue weighted by Gasteiger charge is -2.37. The lowest BCUT2D eigenvalue weighted by atomic mass is 9.93. The van der Waals surface area contributed by atoms with Crippen LogP contribution in [-0.4, -0.2) is 118 Å². The predicted octanol–water partition coefficient (Wildman–Crippen LogP) is 8.52. The average molecular weight is 1040 g/mol. The van der Waals surface area contributed by atoms with Crippen molar-refractivity contribution < 1.29 is 43.2 Å². The Kier molecular flexibility index (Phi) is 18.2. The van der Waals surface area contributed by atoms with Gasteiger partial charge in [-0.3, -0.25) is 25.1 Å². The Balaban J connectivity index is 0.000000265. The molecule has 0 spiro atoms. The number of nitro groups is 2. The van der Waals surface area contributed by atoms with E-state index in [1.165, 1.54) is 38.5 Å². The van der Waals surface area contributed by atoms with Crippen LogP contribution in [0.5, 0.6) is 0 Å². The number of carbonyl (C=O) groups is 3. The zero-order chi connectivity index (χ0) is 48.9. The smallest absolute Gasteiger partial charge is 0.338 e. The van der Waals surface area contributed by atoms with Crippen molar-refractivity contribution in [3.8, 4) is 0 Å². The van der Waals surface area contributed by atoms with Gasteiger partial charge in [0.1, 0.15) is 0 Å². The number of nitrogens with zero attached hydrogens (tertiary/aromatic N) is 8. The minimum absolute atomic E-state index is 0.0398. The van der Waals surface area contributed by atoms with Gasteiger partial charge < -0.3 is 33.6 Å². The first-order valence-corrected chi connectivity index (χ1v) is 23.3. The molecular weight excluding hydrogens is 979 g/mol. The lowest BCUT2D eigenvalue weighted by Crippen LogP contribution is -2.43. The summed E-state index contributed by atoms with van der Waals surface area (Å²) in [4.78, 5) is 77.2. The van der Waals surface area contributed by atoms with Crippen LogP contribution < -0.4 is 4.90 Å². The number of anilines is 1. The number of amidine groups is 2. The standard InChI is InChI=1S/C28H33N5O6.C19H24IN3O5/c1-19(2)39-26(34)24-20(3)29-27(38-4)32(25(24)21-10-8-13-23(18-21)33(36)37)15-9-14-30-16-17-31(28(30)35)22-11-6-5-7-12-22;1-12(2)28-18(24)16-13(3)21-19(27-4)22(10-6-9-20)17(16)14-7-5-8-15(11-14)23(25)26/h5-8,10-13,18-19,25H,9,14-17H2,1-4H3;5,7-8,11-12,17H,6,9-10H2,1-4H3. The number of alkyl halides is 1. The third-order valence-electron chi connectivity index (χ3n) is 10.8. The molecule has 0 radical (unpaired) electrons. The van der Waals surface area contributed by atoms with E-state index in [-0.39, 0.29) is 41.2 Å². The predicted molar refractivity (Wildman–Crippen MR) is 261 cm³/mol. The SMILES string of the molecule is COC1=NC(C)=C(C(=O)OC(C)C)C(c2cccc([N+](=O)[O-])c2)N1CCCI.COC1=NC(C)=C(C(=O)OC(C)C)C(c2cccc([N+](=O)[O-])c2)N1CCCN1CCN(c2ccccc2)C1=O. The number of carbonyl (C=O) groups excluding carboxylic acids is 3. The van der Waals surface area contributed by atoms with E-state index in [2.05, 4.69) is 32.6 Å². The fourth-order valence-electron chi connectivity index (χ4n) is 7.92. The van der Waals surface area contributed by atoms with Crippen LogP contribution in [0.1, 0.15) is 77.6 Å². The summed E-state index contributed by atoms with van der Waals surface area (Å²) in [6.07, 6.45) is 0.723. The Morgan fingerprint density at radius 3 is 1.58 bits per heavy atom. The van der Waals surface area contributed by atoms with Crippen LogP contribution in [0.4, 0.5) is 21.9 Å². The molecule has 0 aliphatic carbocycles. The maximum absolute atomic E-state index is 13.2. The number of hydrogen-bond acceptors (Lipinski definition) is 15. The number of amides is 2. The van der Waals surface area contributed by atoms with Crippen molar-refractivity contribution in [1.29, 1.82) is 0 Å². The lowest BCUT2D eigenvalue weighted by molar-refractivity contribution is -0.385. The number of hydrogen-bond donors (Lipinski definition) is 0. The molecule has 358 valence electrons. The molecule has 0 aromatic heterocycles. The van der Waals surface area contributed by atoms with Crippen LogP contribution in [0.25, 0.3) is 0 Å². The van der Waals surface area contributed by atoms with Gasteiger partial charge in [0.25, 0.3) is 23.4 Å². The molecule has 67 heavy (non-hydrogen) atoms. The normalized spacial score (nSPS) is 17.3. The Hall–Kier alpha value is -6.58. The van der Waals surface area contributed by atoms with E-state index in [0.29, 0.717) is 73.3 Å². The van der Waals surface area contributed by atoms with Crippen molar-refractivity contribution >= 4 is 69.7 Å². The molecule has 3 aromatic carbocycles. The molecule has 3 aliphatic rings.